The van der Waals surface area contributed by atoms with Crippen LogP contribution in [-0.2, 0) is 4.79 Å². The molecule has 0 spiro atoms. The minimum absolute atomic E-state index is 0.0174. The number of carbonyl (C=O) groups excluding carboxylic acids is 1. The van der Waals surface area contributed by atoms with Crippen molar-refractivity contribution in [1.82, 2.24) is 9.97 Å². The first-order chi connectivity index (χ1) is 10.5. The predicted molar refractivity (Wildman–Crippen MR) is 87.0 cm³/mol. The normalized spacial score (nSPS) is 17.8. The molecular formula is C15H16ClN5O. The summed E-state index contributed by atoms with van der Waals surface area (Å²) >= 11 is 5.88. The van der Waals surface area contributed by atoms with Crippen LogP contribution in [0.4, 0.5) is 17.5 Å². The number of amides is 1. The van der Waals surface area contributed by atoms with Crippen LogP contribution in [0.15, 0.2) is 30.5 Å². The lowest BCUT2D eigenvalue weighted by Gasteiger charge is -2.18. The molecule has 0 radical (unpaired) electrons. The van der Waals surface area contributed by atoms with E-state index in [1.165, 1.54) is 0 Å². The van der Waals surface area contributed by atoms with Gasteiger partial charge >= 0.3 is 0 Å². The molecule has 6 nitrogen and oxygen atoms in total. The van der Waals surface area contributed by atoms with Crippen LogP contribution >= 0.6 is 11.6 Å². The maximum absolute atomic E-state index is 12.2. The molecule has 0 saturated carbocycles. The third-order valence-corrected chi connectivity index (χ3v) is 3.85. The van der Waals surface area contributed by atoms with Crippen LogP contribution in [0.5, 0.6) is 0 Å². The smallest absolute Gasteiger partial charge is 0.229 e. The van der Waals surface area contributed by atoms with E-state index >= 15 is 0 Å². The summed E-state index contributed by atoms with van der Waals surface area (Å²) in [5, 5.41) is 3.92. The number of nitrogen functional groups attached to an aromatic ring is 1. The van der Waals surface area contributed by atoms with Crippen LogP contribution in [0.2, 0.25) is 5.02 Å². The predicted octanol–water partition coefficient (Wildman–Crippen LogP) is 2.24. The summed E-state index contributed by atoms with van der Waals surface area (Å²) in [5.74, 6) is 0.953. The molecule has 1 saturated heterocycles. The van der Waals surface area contributed by atoms with E-state index in [0.29, 0.717) is 23.8 Å². The van der Waals surface area contributed by atoms with Gasteiger partial charge in [0.1, 0.15) is 5.82 Å². The van der Waals surface area contributed by atoms with Crippen LogP contribution in [0, 0.1) is 6.92 Å². The molecule has 2 heterocycles. The van der Waals surface area contributed by atoms with Gasteiger partial charge in [-0.25, -0.2) is 4.98 Å². The Kier molecular flexibility index (Phi) is 3.85. The minimum Gasteiger partial charge on any atom is -0.368 e. The Hall–Kier alpha value is -2.34. The van der Waals surface area contributed by atoms with Crippen LogP contribution in [-0.4, -0.2) is 28.5 Å². The molecule has 1 atom stereocenters. The maximum Gasteiger partial charge on any atom is 0.229 e. The van der Waals surface area contributed by atoms with Crippen molar-refractivity contribution >= 4 is 35.0 Å². The summed E-state index contributed by atoms with van der Waals surface area (Å²) in [6, 6.07) is 7.23. The molecule has 114 valence electrons. The first kappa shape index (κ1) is 14.6. The van der Waals surface area contributed by atoms with Gasteiger partial charge in [0, 0.05) is 35.4 Å². The summed E-state index contributed by atoms with van der Waals surface area (Å²) in [6.07, 6.45) is 2.07. The highest BCUT2D eigenvalue weighted by molar-refractivity contribution is 6.30. The van der Waals surface area contributed by atoms with E-state index in [0.717, 1.165) is 11.3 Å². The molecule has 1 amide bonds. The lowest BCUT2D eigenvalue weighted by atomic mass is 10.2. The molecule has 1 fully saturated rings. The number of aryl methyl sites for hydroxylation is 1. The van der Waals surface area contributed by atoms with Gasteiger partial charge in [-0.1, -0.05) is 11.6 Å². The monoisotopic (exact) mass is 317 g/mol. The van der Waals surface area contributed by atoms with Gasteiger partial charge in [-0.2, -0.15) is 4.98 Å². The highest BCUT2D eigenvalue weighted by Gasteiger charge is 2.31. The lowest BCUT2D eigenvalue weighted by molar-refractivity contribution is -0.117. The van der Waals surface area contributed by atoms with Crippen molar-refractivity contribution in [2.75, 3.05) is 22.5 Å². The number of nitrogens with one attached hydrogen (secondary N) is 1. The molecule has 7 heteroatoms. The number of anilines is 3. The zero-order valence-electron chi connectivity index (χ0n) is 12.1. The van der Waals surface area contributed by atoms with Crippen molar-refractivity contribution < 1.29 is 4.79 Å². The summed E-state index contributed by atoms with van der Waals surface area (Å²) in [6.45, 7) is 2.47. The quantitative estimate of drug-likeness (QED) is 0.907. The van der Waals surface area contributed by atoms with E-state index in [1.807, 2.05) is 19.1 Å². The van der Waals surface area contributed by atoms with Crippen LogP contribution in [0.3, 0.4) is 0 Å². The molecular weight excluding hydrogens is 302 g/mol. The number of nitrogens with zero attached hydrogens (tertiary/aromatic N) is 3. The van der Waals surface area contributed by atoms with Gasteiger partial charge in [0.05, 0.1) is 6.04 Å². The average molecular weight is 318 g/mol. The maximum atomic E-state index is 12.2. The van der Waals surface area contributed by atoms with Crippen molar-refractivity contribution in [3.8, 4) is 0 Å². The van der Waals surface area contributed by atoms with Crippen LogP contribution in [0.1, 0.15) is 12.0 Å². The molecule has 1 aromatic heterocycles. The second-order valence-corrected chi connectivity index (χ2v) is 5.72. The third kappa shape index (κ3) is 2.96. The molecule has 1 aliphatic heterocycles. The van der Waals surface area contributed by atoms with E-state index in [9.17, 15) is 4.79 Å². The topological polar surface area (TPSA) is 84.1 Å². The van der Waals surface area contributed by atoms with Crippen LogP contribution in [0.25, 0.3) is 0 Å². The van der Waals surface area contributed by atoms with Crippen molar-refractivity contribution in [3.63, 3.8) is 0 Å². The van der Waals surface area contributed by atoms with Crippen molar-refractivity contribution in [3.05, 3.63) is 41.0 Å². The van der Waals surface area contributed by atoms with E-state index in [-0.39, 0.29) is 17.9 Å². The molecule has 3 N–H and O–H groups in total. The Labute approximate surface area is 133 Å². The fraction of sp³-hybridized carbons (Fsp3) is 0.267. The summed E-state index contributed by atoms with van der Waals surface area (Å²) in [5.41, 5.74) is 7.35. The number of benzene rings is 1. The van der Waals surface area contributed by atoms with Gasteiger partial charge < -0.3 is 16.0 Å². The molecule has 22 heavy (non-hydrogen) atoms. The largest absolute Gasteiger partial charge is 0.368 e. The van der Waals surface area contributed by atoms with Gasteiger partial charge in [0.15, 0.2) is 0 Å². The second kappa shape index (κ2) is 5.81. The third-order valence-electron chi connectivity index (χ3n) is 3.59. The molecule has 1 aliphatic rings. The molecule has 0 bridgehead atoms. The Morgan fingerprint density at radius 2 is 2.09 bits per heavy atom. The zero-order chi connectivity index (χ0) is 15.7. The van der Waals surface area contributed by atoms with Gasteiger partial charge in [-0.05, 0) is 31.2 Å². The number of carbonyl (C=O) groups is 1. The number of rotatable bonds is 3. The van der Waals surface area contributed by atoms with Crippen LogP contribution < -0.4 is 16.0 Å². The number of aromatic nitrogens is 2. The van der Waals surface area contributed by atoms with E-state index < -0.39 is 0 Å². The average Bonchev–Trinajstić information content (AvgIpc) is 2.84. The van der Waals surface area contributed by atoms with Gasteiger partial charge in [-0.3, -0.25) is 4.79 Å². The van der Waals surface area contributed by atoms with Gasteiger partial charge in [0.2, 0.25) is 11.9 Å². The number of hydrogen-bond donors (Lipinski definition) is 2. The molecule has 2 aromatic rings. The van der Waals surface area contributed by atoms with Gasteiger partial charge in [0.25, 0.3) is 0 Å². The fourth-order valence-corrected chi connectivity index (χ4v) is 2.60. The van der Waals surface area contributed by atoms with Crippen molar-refractivity contribution in [2.45, 2.75) is 19.4 Å². The first-order valence-electron chi connectivity index (χ1n) is 6.94. The minimum atomic E-state index is -0.0174. The Bertz CT molecular complexity index is 704. The van der Waals surface area contributed by atoms with Crippen molar-refractivity contribution in [1.29, 1.82) is 0 Å². The van der Waals surface area contributed by atoms with E-state index in [4.69, 9.17) is 17.3 Å². The second-order valence-electron chi connectivity index (χ2n) is 5.29. The zero-order valence-corrected chi connectivity index (χ0v) is 12.8. The first-order valence-corrected chi connectivity index (χ1v) is 7.32. The van der Waals surface area contributed by atoms with Gasteiger partial charge in [-0.15, -0.1) is 0 Å². The Morgan fingerprint density at radius 3 is 2.82 bits per heavy atom. The molecule has 3 rings (SSSR count). The fourth-order valence-electron chi connectivity index (χ4n) is 2.47. The number of halogens is 1. The highest BCUT2D eigenvalue weighted by Crippen LogP contribution is 2.25. The SMILES string of the molecule is Cc1cnc(N)nc1N[C@@H]1CC(=O)N(c2ccc(Cl)cc2)C1. The number of nitrogens with two attached hydrogens (primary N) is 1. The lowest BCUT2D eigenvalue weighted by Crippen LogP contribution is -2.28. The Morgan fingerprint density at radius 1 is 1.36 bits per heavy atom. The standard InChI is InChI=1S/C15H16ClN5O/c1-9-7-18-15(17)20-14(9)19-11-6-13(22)21(8-11)12-4-2-10(16)3-5-12/h2-5,7,11H,6,8H2,1H3,(H3,17,18,19,20)/t11-/m1/s1. The van der Waals surface area contributed by atoms with E-state index in [2.05, 4.69) is 15.3 Å². The van der Waals surface area contributed by atoms with E-state index in [1.54, 1.807) is 23.2 Å². The molecule has 1 aromatic carbocycles. The highest BCUT2D eigenvalue weighted by atomic mass is 35.5. The summed E-state index contributed by atoms with van der Waals surface area (Å²) in [4.78, 5) is 22.1. The van der Waals surface area contributed by atoms with Crippen molar-refractivity contribution in [2.24, 2.45) is 0 Å². The summed E-state index contributed by atoms with van der Waals surface area (Å²) in [7, 11) is 0. The Balaban J connectivity index is 1.74. The molecule has 0 unspecified atom stereocenters. The number of hydrogen-bond acceptors (Lipinski definition) is 5. The molecule has 0 aliphatic carbocycles. The summed E-state index contributed by atoms with van der Waals surface area (Å²) < 4.78 is 0.